The van der Waals surface area contributed by atoms with Gasteiger partial charge in [0.2, 0.25) is 0 Å². The molecule has 2 fully saturated rings. The average Bonchev–Trinajstić information content (AvgIpc) is 3.13. The van der Waals surface area contributed by atoms with Crippen molar-refractivity contribution in [2.24, 2.45) is 7.05 Å². The number of ether oxygens (including phenoxy) is 1. The summed E-state index contributed by atoms with van der Waals surface area (Å²) < 4.78 is 39.1. The maximum atomic E-state index is 12.3. The van der Waals surface area contributed by atoms with Crippen LogP contribution in [0.1, 0.15) is 10.5 Å². The van der Waals surface area contributed by atoms with Crippen LogP contribution in [0.15, 0.2) is 12.3 Å². The Morgan fingerprint density at radius 1 is 1.32 bits per heavy atom. The maximum Gasteiger partial charge on any atom is 0.490 e. The number of morpholine rings is 1. The predicted octanol–water partition coefficient (Wildman–Crippen LogP) is 0.208. The van der Waals surface area contributed by atoms with E-state index in [4.69, 9.17) is 14.6 Å². The number of carbonyl (C=O) groups excluding carboxylic acids is 1. The summed E-state index contributed by atoms with van der Waals surface area (Å²) in [6, 6.07) is 2.08. The van der Waals surface area contributed by atoms with E-state index in [9.17, 15) is 18.0 Å². The number of hydrogen-bond acceptors (Lipinski definition) is 5. The van der Waals surface area contributed by atoms with Crippen molar-refractivity contribution in [3.05, 3.63) is 18.0 Å². The number of alkyl halides is 3. The second-order valence-corrected chi connectivity index (χ2v) is 5.84. The van der Waals surface area contributed by atoms with Gasteiger partial charge in [0.15, 0.2) is 0 Å². The van der Waals surface area contributed by atoms with E-state index in [2.05, 4.69) is 17.0 Å². The molecule has 0 bridgehead atoms. The van der Waals surface area contributed by atoms with Gasteiger partial charge in [0, 0.05) is 32.9 Å². The number of fused-ring (bicyclic) bond motifs is 1. The van der Waals surface area contributed by atoms with Crippen molar-refractivity contribution in [2.45, 2.75) is 18.3 Å². The van der Waals surface area contributed by atoms with Crippen molar-refractivity contribution in [1.29, 1.82) is 0 Å². The number of aryl methyl sites for hydroxylation is 1. The van der Waals surface area contributed by atoms with Crippen LogP contribution in [-0.2, 0) is 16.6 Å². The van der Waals surface area contributed by atoms with Crippen LogP contribution in [0.4, 0.5) is 13.2 Å². The number of aliphatic carboxylic acids is 1. The summed E-state index contributed by atoms with van der Waals surface area (Å²) in [6.45, 7) is 3.09. The molecule has 1 aromatic heterocycles. The summed E-state index contributed by atoms with van der Waals surface area (Å²) in [5.41, 5.74) is 0.513. The molecular formula is C14H19F3N4O4. The highest BCUT2D eigenvalue weighted by Gasteiger charge is 2.41. The van der Waals surface area contributed by atoms with E-state index in [1.54, 1.807) is 16.9 Å². The third-order valence-corrected chi connectivity index (χ3v) is 4.04. The SMILES string of the molecule is CN1CCO[C@H]2CN(C(=O)c3ccn(C)n3)C[C@H]21.O=C(O)C(F)(F)F. The summed E-state index contributed by atoms with van der Waals surface area (Å²) in [7, 11) is 3.91. The summed E-state index contributed by atoms with van der Waals surface area (Å²) in [6.07, 6.45) is -3.14. The van der Waals surface area contributed by atoms with Gasteiger partial charge < -0.3 is 14.7 Å². The Morgan fingerprint density at radius 3 is 2.44 bits per heavy atom. The van der Waals surface area contributed by atoms with Crippen LogP contribution >= 0.6 is 0 Å². The molecule has 2 aliphatic rings. The fourth-order valence-corrected chi connectivity index (χ4v) is 2.71. The minimum Gasteiger partial charge on any atom is -0.475 e. The lowest BCUT2D eigenvalue weighted by molar-refractivity contribution is -0.192. The van der Waals surface area contributed by atoms with Crippen LogP contribution in [0.5, 0.6) is 0 Å². The van der Waals surface area contributed by atoms with Gasteiger partial charge in [0.25, 0.3) is 5.91 Å². The first kappa shape index (κ1) is 19.2. The van der Waals surface area contributed by atoms with Crippen LogP contribution in [0, 0.1) is 0 Å². The molecular weight excluding hydrogens is 345 g/mol. The van der Waals surface area contributed by atoms with Gasteiger partial charge in [-0.3, -0.25) is 14.4 Å². The molecule has 1 amide bonds. The number of likely N-dealkylation sites (tertiary alicyclic amines) is 1. The Bertz CT molecular complexity index is 634. The molecule has 0 unspecified atom stereocenters. The van der Waals surface area contributed by atoms with Crippen molar-refractivity contribution >= 4 is 11.9 Å². The van der Waals surface area contributed by atoms with Gasteiger partial charge in [-0.15, -0.1) is 0 Å². The fraction of sp³-hybridized carbons (Fsp3) is 0.643. The first-order valence-corrected chi connectivity index (χ1v) is 7.50. The second-order valence-electron chi connectivity index (χ2n) is 5.84. The molecule has 2 aliphatic heterocycles. The summed E-state index contributed by atoms with van der Waals surface area (Å²) >= 11 is 0. The number of amides is 1. The van der Waals surface area contributed by atoms with Gasteiger partial charge >= 0.3 is 12.1 Å². The zero-order chi connectivity index (χ0) is 18.8. The maximum absolute atomic E-state index is 12.3. The second kappa shape index (κ2) is 7.40. The summed E-state index contributed by atoms with van der Waals surface area (Å²) in [4.78, 5) is 25.3. The molecule has 0 radical (unpaired) electrons. The van der Waals surface area contributed by atoms with Gasteiger partial charge in [-0.05, 0) is 13.1 Å². The van der Waals surface area contributed by atoms with E-state index < -0.39 is 12.1 Å². The lowest BCUT2D eigenvalue weighted by Gasteiger charge is -2.33. The van der Waals surface area contributed by atoms with Gasteiger partial charge in [-0.25, -0.2) is 4.79 Å². The highest BCUT2D eigenvalue weighted by atomic mass is 19.4. The van der Waals surface area contributed by atoms with Crippen molar-refractivity contribution < 1.29 is 32.6 Å². The van der Waals surface area contributed by atoms with Crippen LogP contribution in [0.3, 0.4) is 0 Å². The molecule has 0 saturated carbocycles. The number of hydrogen-bond donors (Lipinski definition) is 1. The molecule has 1 N–H and O–H groups in total. The average molecular weight is 364 g/mol. The van der Waals surface area contributed by atoms with Gasteiger partial charge in [-0.2, -0.15) is 18.3 Å². The van der Waals surface area contributed by atoms with Crippen molar-refractivity contribution in [1.82, 2.24) is 19.6 Å². The van der Waals surface area contributed by atoms with Crippen molar-refractivity contribution in [3.63, 3.8) is 0 Å². The topological polar surface area (TPSA) is 87.9 Å². The van der Waals surface area contributed by atoms with Crippen LogP contribution in [0.25, 0.3) is 0 Å². The molecule has 3 rings (SSSR count). The normalized spacial score (nSPS) is 23.6. The minimum atomic E-state index is -5.08. The van der Waals surface area contributed by atoms with E-state index in [0.717, 1.165) is 19.7 Å². The summed E-state index contributed by atoms with van der Waals surface area (Å²) in [5, 5.41) is 11.3. The monoisotopic (exact) mass is 364 g/mol. The van der Waals surface area contributed by atoms with Gasteiger partial charge in [0.05, 0.1) is 18.8 Å². The number of carboxylic acid groups (broad SMARTS) is 1. The standard InChI is InChI=1S/C12H18N4O2.C2HF3O2/c1-14-5-6-18-11-8-16(7-10(11)14)12(17)9-3-4-15(2)13-9;3-2(4,5)1(6)7/h3-4,10-11H,5-8H2,1-2H3;(H,6,7)/t10-,11+;/m1./s1. The predicted molar refractivity (Wildman–Crippen MR) is 79.0 cm³/mol. The first-order chi connectivity index (χ1) is 11.6. The van der Waals surface area contributed by atoms with E-state index in [1.165, 1.54) is 0 Å². The van der Waals surface area contributed by atoms with Crippen molar-refractivity contribution in [3.8, 4) is 0 Å². The Morgan fingerprint density at radius 2 is 1.96 bits per heavy atom. The number of halogens is 3. The van der Waals surface area contributed by atoms with E-state index in [0.29, 0.717) is 18.3 Å². The number of carbonyl (C=O) groups is 2. The summed E-state index contributed by atoms with van der Waals surface area (Å²) in [5.74, 6) is -2.76. The van der Waals surface area contributed by atoms with Crippen molar-refractivity contribution in [2.75, 3.05) is 33.3 Å². The Balaban J connectivity index is 0.000000277. The quantitative estimate of drug-likeness (QED) is 0.767. The molecule has 2 saturated heterocycles. The number of likely N-dealkylation sites (N-methyl/N-ethyl adjacent to an activating group) is 1. The Labute approximate surface area is 141 Å². The molecule has 25 heavy (non-hydrogen) atoms. The minimum absolute atomic E-state index is 0.00185. The Hall–Kier alpha value is -2.14. The first-order valence-electron chi connectivity index (χ1n) is 7.50. The van der Waals surface area contributed by atoms with Crippen LogP contribution in [0.2, 0.25) is 0 Å². The third kappa shape index (κ3) is 4.69. The molecule has 3 heterocycles. The van der Waals surface area contributed by atoms with Crippen LogP contribution < -0.4 is 0 Å². The van der Waals surface area contributed by atoms with E-state index in [1.807, 2.05) is 11.9 Å². The Kier molecular flexibility index (Phi) is 5.68. The highest BCUT2D eigenvalue weighted by molar-refractivity contribution is 5.92. The lowest BCUT2D eigenvalue weighted by Crippen LogP contribution is -2.48. The molecule has 11 heteroatoms. The largest absolute Gasteiger partial charge is 0.490 e. The third-order valence-electron chi connectivity index (χ3n) is 4.04. The molecule has 0 aromatic carbocycles. The van der Waals surface area contributed by atoms with Gasteiger partial charge in [-0.1, -0.05) is 0 Å². The number of nitrogens with zero attached hydrogens (tertiary/aromatic N) is 4. The van der Waals surface area contributed by atoms with E-state index in [-0.39, 0.29) is 12.0 Å². The smallest absolute Gasteiger partial charge is 0.475 e. The zero-order valence-corrected chi connectivity index (χ0v) is 13.7. The molecule has 8 nitrogen and oxygen atoms in total. The zero-order valence-electron chi connectivity index (χ0n) is 13.7. The lowest BCUT2D eigenvalue weighted by atomic mass is 10.1. The number of rotatable bonds is 1. The number of aromatic nitrogens is 2. The molecule has 0 spiro atoms. The number of carboxylic acids is 1. The van der Waals surface area contributed by atoms with Gasteiger partial charge in [0.1, 0.15) is 5.69 Å². The van der Waals surface area contributed by atoms with E-state index >= 15 is 0 Å². The van der Waals surface area contributed by atoms with Crippen LogP contribution in [-0.4, -0.2) is 88.2 Å². The fourth-order valence-electron chi connectivity index (χ4n) is 2.71. The molecule has 140 valence electrons. The highest BCUT2D eigenvalue weighted by Crippen LogP contribution is 2.22. The molecule has 1 aromatic rings. The molecule has 2 atom stereocenters. The molecule has 0 aliphatic carbocycles.